The molecular formula is C14H22N2. The lowest BCUT2D eigenvalue weighted by Gasteiger charge is -2.24. The number of nitrogens with one attached hydrogen (secondary N) is 1. The van der Waals surface area contributed by atoms with Crippen molar-refractivity contribution in [2.45, 2.75) is 51.0 Å². The second kappa shape index (κ2) is 6.00. The lowest BCUT2D eigenvalue weighted by molar-refractivity contribution is 0.368. The molecule has 1 aliphatic heterocycles. The molecule has 1 fully saturated rings. The van der Waals surface area contributed by atoms with Crippen molar-refractivity contribution in [1.82, 2.24) is 10.3 Å². The van der Waals surface area contributed by atoms with Gasteiger partial charge in [0.25, 0.3) is 0 Å². The van der Waals surface area contributed by atoms with Crippen LogP contribution in [-0.2, 0) is 0 Å². The van der Waals surface area contributed by atoms with Crippen molar-refractivity contribution in [3.05, 3.63) is 30.1 Å². The summed E-state index contributed by atoms with van der Waals surface area (Å²) in [5.41, 5.74) is 1.42. The van der Waals surface area contributed by atoms with Crippen molar-refractivity contribution in [2.24, 2.45) is 0 Å². The van der Waals surface area contributed by atoms with Crippen LogP contribution in [0.2, 0.25) is 0 Å². The number of pyridine rings is 1. The molecule has 88 valence electrons. The average molecular weight is 218 g/mol. The van der Waals surface area contributed by atoms with Gasteiger partial charge < -0.3 is 5.32 Å². The van der Waals surface area contributed by atoms with Gasteiger partial charge in [-0.2, -0.15) is 0 Å². The van der Waals surface area contributed by atoms with Gasteiger partial charge in [0.2, 0.25) is 0 Å². The first-order chi connectivity index (χ1) is 7.86. The highest BCUT2D eigenvalue weighted by Crippen LogP contribution is 2.22. The van der Waals surface area contributed by atoms with Crippen molar-refractivity contribution in [3.63, 3.8) is 0 Å². The van der Waals surface area contributed by atoms with Crippen molar-refractivity contribution < 1.29 is 0 Å². The van der Waals surface area contributed by atoms with E-state index in [0.717, 1.165) is 6.04 Å². The summed E-state index contributed by atoms with van der Waals surface area (Å²) in [6.45, 7) is 3.53. The van der Waals surface area contributed by atoms with Crippen molar-refractivity contribution in [2.75, 3.05) is 6.54 Å². The molecule has 2 nitrogen and oxygen atoms in total. The summed E-state index contributed by atoms with van der Waals surface area (Å²) >= 11 is 0. The summed E-state index contributed by atoms with van der Waals surface area (Å²) in [6, 6.07) is 5.04. The highest BCUT2D eigenvalue weighted by Gasteiger charge is 2.14. The minimum absolute atomic E-state index is 0.659. The molecule has 0 unspecified atom stereocenters. The molecule has 0 bridgehead atoms. The van der Waals surface area contributed by atoms with E-state index in [2.05, 4.69) is 29.4 Å². The normalized spacial score (nSPS) is 22.9. The Balaban J connectivity index is 1.77. The number of nitrogens with zero attached hydrogens (tertiary/aromatic N) is 1. The minimum Gasteiger partial charge on any atom is -0.314 e. The van der Waals surface area contributed by atoms with E-state index in [1.807, 2.05) is 12.4 Å². The molecule has 1 aliphatic rings. The zero-order valence-electron chi connectivity index (χ0n) is 10.2. The van der Waals surface area contributed by atoms with Crippen LogP contribution in [0.25, 0.3) is 0 Å². The van der Waals surface area contributed by atoms with Gasteiger partial charge in [-0.25, -0.2) is 0 Å². The lowest BCUT2D eigenvalue weighted by atomic mass is 9.92. The van der Waals surface area contributed by atoms with Crippen LogP contribution in [0.4, 0.5) is 0 Å². The minimum atomic E-state index is 0.659. The third kappa shape index (κ3) is 3.31. The molecule has 0 saturated carbocycles. The number of piperidine rings is 1. The van der Waals surface area contributed by atoms with Gasteiger partial charge in [0.1, 0.15) is 0 Å². The molecule has 0 aliphatic carbocycles. The number of rotatable bonds is 4. The Morgan fingerprint density at radius 3 is 2.88 bits per heavy atom. The monoisotopic (exact) mass is 218 g/mol. The van der Waals surface area contributed by atoms with E-state index >= 15 is 0 Å². The molecule has 1 aromatic heterocycles. The van der Waals surface area contributed by atoms with Crippen LogP contribution in [0.1, 0.15) is 50.5 Å². The standard InChI is InChI=1S/C14H22N2/c1-12(13-7-10-15-11-8-13)5-6-14-4-2-3-9-16-14/h7-8,10-12,14,16H,2-6,9H2,1H3/t12-,14-/m1/s1. The van der Waals surface area contributed by atoms with Crippen LogP contribution in [-0.4, -0.2) is 17.6 Å². The van der Waals surface area contributed by atoms with Crippen LogP contribution in [0.3, 0.4) is 0 Å². The topological polar surface area (TPSA) is 24.9 Å². The van der Waals surface area contributed by atoms with Crippen molar-refractivity contribution >= 4 is 0 Å². The predicted octanol–water partition coefficient (Wildman–Crippen LogP) is 3.11. The Kier molecular flexibility index (Phi) is 4.34. The first kappa shape index (κ1) is 11.6. The van der Waals surface area contributed by atoms with Gasteiger partial charge in [-0.3, -0.25) is 4.98 Å². The number of aromatic nitrogens is 1. The zero-order chi connectivity index (χ0) is 11.2. The van der Waals surface area contributed by atoms with Gasteiger partial charge >= 0.3 is 0 Å². The highest BCUT2D eigenvalue weighted by molar-refractivity contribution is 5.14. The molecule has 1 N–H and O–H groups in total. The van der Waals surface area contributed by atoms with Crippen LogP contribution in [0, 0.1) is 0 Å². The summed E-state index contributed by atoms with van der Waals surface area (Å²) in [5.74, 6) is 0.659. The fraction of sp³-hybridized carbons (Fsp3) is 0.643. The van der Waals surface area contributed by atoms with Gasteiger partial charge in [0, 0.05) is 18.4 Å². The lowest BCUT2D eigenvalue weighted by Crippen LogP contribution is -2.34. The molecular weight excluding hydrogens is 196 g/mol. The third-order valence-corrected chi connectivity index (χ3v) is 3.64. The maximum Gasteiger partial charge on any atom is 0.0270 e. The van der Waals surface area contributed by atoms with E-state index in [1.165, 1.54) is 44.2 Å². The molecule has 0 spiro atoms. The Morgan fingerprint density at radius 1 is 1.38 bits per heavy atom. The molecule has 0 aromatic carbocycles. The van der Waals surface area contributed by atoms with Gasteiger partial charge in [-0.05, 0) is 55.8 Å². The van der Waals surface area contributed by atoms with E-state index in [-0.39, 0.29) is 0 Å². The predicted molar refractivity (Wildman–Crippen MR) is 67.5 cm³/mol. The highest BCUT2D eigenvalue weighted by atomic mass is 14.9. The molecule has 1 saturated heterocycles. The van der Waals surface area contributed by atoms with Gasteiger partial charge in [-0.15, -0.1) is 0 Å². The quantitative estimate of drug-likeness (QED) is 0.840. The Morgan fingerprint density at radius 2 is 2.19 bits per heavy atom. The van der Waals surface area contributed by atoms with Gasteiger partial charge in [-0.1, -0.05) is 13.3 Å². The molecule has 2 heteroatoms. The molecule has 2 rings (SSSR count). The maximum absolute atomic E-state index is 4.07. The molecule has 2 heterocycles. The summed E-state index contributed by atoms with van der Waals surface area (Å²) in [5, 5.41) is 3.61. The average Bonchev–Trinajstić information content (AvgIpc) is 2.38. The fourth-order valence-electron chi connectivity index (χ4n) is 2.48. The molecule has 1 aromatic rings. The molecule has 2 atom stereocenters. The number of hydrogen-bond donors (Lipinski definition) is 1. The van der Waals surface area contributed by atoms with Crippen molar-refractivity contribution in [3.8, 4) is 0 Å². The van der Waals surface area contributed by atoms with Gasteiger partial charge in [0.05, 0.1) is 0 Å². The van der Waals surface area contributed by atoms with E-state index < -0.39 is 0 Å². The van der Waals surface area contributed by atoms with E-state index in [1.54, 1.807) is 0 Å². The summed E-state index contributed by atoms with van der Waals surface area (Å²) in [4.78, 5) is 4.07. The second-order valence-electron chi connectivity index (χ2n) is 4.91. The van der Waals surface area contributed by atoms with Crippen LogP contribution in [0.5, 0.6) is 0 Å². The Hall–Kier alpha value is -0.890. The van der Waals surface area contributed by atoms with Gasteiger partial charge in [0.15, 0.2) is 0 Å². The smallest absolute Gasteiger partial charge is 0.0270 e. The first-order valence-corrected chi connectivity index (χ1v) is 6.49. The molecule has 16 heavy (non-hydrogen) atoms. The van der Waals surface area contributed by atoms with Crippen LogP contribution >= 0.6 is 0 Å². The summed E-state index contributed by atoms with van der Waals surface area (Å²) in [6.07, 6.45) is 10.5. The molecule has 0 radical (unpaired) electrons. The van der Waals surface area contributed by atoms with E-state index in [9.17, 15) is 0 Å². The van der Waals surface area contributed by atoms with E-state index in [0.29, 0.717) is 5.92 Å². The third-order valence-electron chi connectivity index (χ3n) is 3.64. The Bertz CT molecular complexity index is 291. The SMILES string of the molecule is C[C@H](CC[C@H]1CCCCN1)c1ccncc1. The number of hydrogen-bond acceptors (Lipinski definition) is 2. The maximum atomic E-state index is 4.07. The summed E-state index contributed by atoms with van der Waals surface area (Å²) < 4.78 is 0. The largest absolute Gasteiger partial charge is 0.314 e. The van der Waals surface area contributed by atoms with Crippen LogP contribution in [0.15, 0.2) is 24.5 Å². The summed E-state index contributed by atoms with van der Waals surface area (Å²) in [7, 11) is 0. The van der Waals surface area contributed by atoms with E-state index in [4.69, 9.17) is 0 Å². The fourth-order valence-corrected chi connectivity index (χ4v) is 2.48. The van der Waals surface area contributed by atoms with Crippen LogP contribution < -0.4 is 5.32 Å². The zero-order valence-corrected chi connectivity index (χ0v) is 10.2. The van der Waals surface area contributed by atoms with Crippen molar-refractivity contribution in [1.29, 1.82) is 0 Å². The molecule has 0 amide bonds. The second-order valence-corrected chi connectivity index (χ2v) is 4.91. The Labute approximate surface area is 98.5 Å². The first-order valence-electron chi connectivity index (χ1n) is 6.49.